The Labute approximate surface area is 290 Å². The smallest absolute Gasteiger partial charge is 0.324 e. The van der Waals surface area contributed by atoms with Crippen molar-refractivity contribution < 1.29 is 14.6 Å². The number of fused-ring (bicyclic) bond motifs is 2. The first-order valence-electron chi connectivity index (χ1n) is 16.7. The molecule has 7 rings (SSSR count). The van der Waals surface area contributed by atoms with E-state index >= 15 is 0 Å². The Morgan fingerprint density at radius 3 is 2.55 bits per heavy atom. The molecule has 0 fully saturated rings. The number of halogens is 1. The van der Waals surface area contributed by atoms with Crippen LogP contribution >= 0.6 is 11.6 Å². The topological polar surface area (TPSA) is 122 Å². The lowest BCUT2D eigenvalue weighted by Crippen LogP contribution is -2.36. The van der Waals surface area contributed by atoms with E-state index in [0.717, 1.165) is 77.7 Å². The maximum atomic E-state index is 13.4. The molecule has 2 aliphatic rings. The van der Waals surface area contributed by atoms with Crippen LogP contribution in [0.1, 0.15) is 55.4 Å². The van der Waals surface area contributed by atoms with Crippen LogP contribution in [0.2, 0.25) is 5.02 Å². The SMILES string of the molecule is Cc1ccc(-n2nc(C(C)(C)C)cc2NC(=O)Nc2ccc(OCCN3CCn4c(nnc4-c4ccc(Cl)cc4O)C3)c3c2CCC3)cc1. The lowest BCUT2D eigenvalue weighted by Gasteiger charge is -2.27. The summed E-state index contributed by atoms with van der Waals surface area (Å²) in [6.45, 7) is 11.8. The third-order valence-electron chi connectivity index (χ3n) is 9.19. The highest BCUT2D eigenvalue weighted by atomic mass is 35.5. The maximum Gasteiger partial charge on any atom is 0.324 e. The van der Waals surface area contributed by atoms with Gasteiger partial charge in [0.1, 0.15) is 29.7 Å². The average molecular weight is 681 g/mol. The van der Waals surface area contributed by atoms with Gasteiger partial charge in [-0.2, -0.15) is 5.10 Å². The number of aryl methyl sites for hydroxylation is 1. The molecular weight excluding hydrogens is 640 g/mol. The number of urea groups is 1. The number of benzene rings is 3. The summed E-state index contributed by atoms with van der Waals surface area (Å²) in [7, 11) is 0. The van der Waals surface area contributed by atoms with Gasteiger partial charge in [-0.1, -0.05) is 50.1 Å². The molecule has 0 bridgehead atoms. The van der Waals surface area contributed by atoms with E-state index in [2.05, 4.69) is 51.1 Å². The highest BCUT2D eigenvalue weighted by Crippen LogP contribution is 2.37. The first-order chi connectivity index (χ1) is 23.5. The monoisotopic (exact) mass is 680 g/mol. The number of ether oxygens (including phenoxy) is 1. The number of anilines is 2. The van der Waals surface area contributed by atoms with E-state index in [1.54, 1.807) is 16.8 Å². The number of nitrogens with zero attached hydrogens (tertiary/aromatic N) is 6. The number of carbonyl (C=O) groups excluding carboxylic acids is 1. The predicted molar refractivity (Wildman–Crippen MR) is 191 cm³/mol. The average Bonchev–Trinajstić information content (AvgIpc) is 3.82. The quantitative estimate of drug-likeness (QED) is 0.159. The zero-order valence-electron chi connectivity index (χ0n) is 28.3. The van der Waals surface area contributed by atoms with Crippen molar-refractivity contribution in [2.75, 3.05) is 30.3 Å². The summed E-state index contributed by atoms with van der Waals surface area (Å²) in [4.78, 5) is 15.7. The van der Waals surface area contributed by atoms with Crippen LogP contribution in [0.5, 0.6) is 11.5 Å². The minimum absolute atomic E-state index is 0.0909. The molecule has 0 atom stereocenters. The first-order valence-corrected chi connectivity index (χ1v) is 17.1. The third kappa shape index (κ3) is 6.86. The Balaban J connectivity index is 0.989. The molecule has 254 valence electrons. The molecule has 0 saturated carbocycles. The van der Waals surface area contributed by atoms with Crippen molar-refractivity contribution >= 4 is 29.1 Å². The second-order valence-corrected chi connectivity index (χ2v) is 14.2. The minimum atomic E-state index is -0.316. The zero-order chi connectivity index (χ0) is 34.3. The number of nitrogens with one attached hydrogen (secondary N) is 2. The number of aromatic hydroxyl groups is 1. The van der Waals surface area contributed by atoms with Gasteiger partial charge < -0.3 is 19.7 Å². The normalized spacial score (nSPS) is 14.4. The summed E-state index contributed by atoms with van der Waals surface area (Å²) in [6.07, 6.45) is 2.80. The van der Waals surface area contributed by atoms with Crippen molar-refractivity contribution in [3.8, 4) is 28.6 Å². The van der Waals surface area contributed by atoms with E-state index in [-0.39, 0.29) is 17.2 Å². The Morgan fingerprint density at radius 2 is 1.78 bits per heavy atom. The van der Waals surface area contributed by atoms with E-state index in [9.17, 15) is 9.90 Å². The van der Waals surface area contributed by atoms with Gasteiger partial charge in [0.25, 0.3) is 0 Å². The van der Waals surface area contributed by atoms with E-state index in [1.165, 1.54) is 6.07 Å². The largest absolute Gasteiger partial charge is 0.507 e. The second kappa shape index (κ2) is 13.2. The van der Waals surface area contributed by atoms with Gasteiger partial charge in [-0.15, -0.1) is 10.2 Å². The Morgan fingerprint density at radius 1 is 0.980 bits per heavy atom. The molecule has 0 saturated heterocycles. The van der Waals surface area contributed by atoms with Crippen molar-refractivity contribution in [1.29, 1.82) is 0 Å². The highest BCUT2D eigenvalue weighted by molar-refractivity contribution is 6.30. The van der Waals surface area contributed by atoms with Crippen LogP contribution < -0.4 is 15.4 Å². The summed E-state index contributed by atoms with van der Waals surface area (Å²) >= 11 is 6.01. The number of hydrogen-bond acceptors (Lipinski definition) is 7. The third-order valence-corrected chi connectivity index (χ3v) is 9.42. The van der Waals surface area contributed by atoms with Crippen molar-refractivity contribution in [1.82, 2.24) is 29.4 Å². The van der Waals surface area contributed by atoms with E-state index in [1.807, 2.05) is 49.4 Å². The van der Waals surface area contributed by atoms with Gasteiger partial charge in [-0.05, 0) is 79.8 Å². The first kappa shape index (κ1) is 32.7. The molecule has 2 amide bonds. The van der Waals surface area contributed by atoms with Crippen LogP contribution in [0.15, 0.2) is 60.7 Å². The number of amides is 2. The van der Waals surface area contributed by atoms with Crippen molar-refractivity contribution in [2.24, 2.45) is 0 Å². The summed E-state index contributed by atoms with van der Waals surface area (Å²) in [5.74, 6) is 3.06. The molecule has 0 radical (unpaired) electrons. The van der Waals surface area contributed by atoms with Crippen LogP contribution in [0.4, 0.5) is 16.3 Å². The van der Waals surface area contributed by atoms with Gasteiger partial charge in [-0.25, -0.2) is 9.48 Å². The molecular formula is C37H41ClN8O3. The van der Waals surface area contributed by atoms with Gasteiger partial charge in [-0.3, -0.25) is 10.2 Å². The van der Waals surface area contributed by atoms with E-state index in [4.69, 9.17) is 21.4 Å². The summed E-state index contributed by atoms with van der Waals surface area (Å²) < 4.78 is 10.2. The summed E-state index contributed by atoms with van der Waals surface area (Å²) in [5.41, 5.74) is 6.44. The maximum absolute atomic E-state index is 13.4. The molecule has 11 nitrogen and oxygen atoms in total. The van der Waals surface area contributed by atoms with Crippen molar-refractivity contribution in [3.63, 3.8) is 0 Å². The van der Waals surface area contributed by atoms with Crippen molar-refractivity contribution in [2.45, 2.75) is 65.5 Å². The fourth-order valence-corrected chi connectivity index (χ4v) is 6.66. The molecule has 5 aromatic rings. The van der Waals surface area contributed by atoms with Crippen LogP contribution in [0.25, 0.3) is 17.1 Å². The molecule has 12 heteroatoms. The zero-order valence-corrected chi connectivity index (χ0v) is 29.0. The number of aromatic nitrogens is 5. The van der Waals surface area contributed by atoms with E-state index < -0.39 is 0 Å². The molecule has 0 spiro atoms. The Hall–Kier alpha value is -4.87. The lowest BCUT2D eigenvalue weighted by atomic mass is 9.92. The Bertz CT molecular complexity index is 2010. The fourth-order valence-electron chi connectivity index (χ4n) is 6.49. The number of phenols is 1. The number of phenolic OH excluding ortho intramolecular Hbond substituents is 1. The summed E-state index contributed by atoms with van der Waals surface area (Å²) in [6, 6.07) is 18.6. The van der Waals surface area contributed by atoms with Gasteiger partial charge in [0.05, 0.1) is 23.5 Å². The van der Waals surface area contributed by atoms with Gasteiger partial charge in [0.15, 0.2) is 5.82 Å². The fraction of sp³-hybridized carbons (Fsp3) is 0.351. The Kier molecular flexibility index (Phi) is 8.81. The van der Waals surface area contributed by atoms with Gasteiger partial charge >= 0.3 is 6.03 Å². The van der Waals surface area contributed by atoms with Crippen LogP contribution in [0, 0.1) is 6.92 Å². The predicted octanol–water partition coefficient (Wildman–Crippen LogP) is 7.12. The minimum Gasteiger partial charge on any atom is -0.507 e. The number of rotatable bonds is 8. The molecule has 49 heavy (non-hydrogen) atoms. The number of carbonyl (C=O) groups is 1. The highest BCUT2D eigenvalue weighted by Gasteiger charge is 2.26. The second-order valence-electron chi connectivity index (χ2n) is 13.8. The van der Waals surface area contributed by atoms with Crippen LogP contribution in [-0.4, -0.2) is 60.3 Å². The molecule has 1 aliphatic heterocycles. The van der Waals surface area contributed by atoms with Crippen molar-refractivity contribution in [3.05, 3.63) is 93.9 Å². The molecule has 3 N–H and O–H groups in total. The lowest BCUT2D eigenvalue weighted by molar-refractivity contribution is 0.174. The molecule has 1 aliphatic carbocycles. The van der Waals surface area contributed by atoms with Crippen LogP contribution in [0.3, 0.4) is 0 Å². The molecule has 0 unspecified atom stereocenters. The molecule has 3 aromatic carbocycles. The van der Waals surface area contributed by atoms with Crippen LogP contribution in [-0.2, 0) is 31.3 Å². The van der Waals surface area contributed by atoms with Gasteiger partial charge in [0.2, 0.25) is 0 Å². The number of hydrogen-bond donors (Lipinski definition) is 3. The van der Waals surface area contributed by atoms with E-state index in [0.29, 0.717) is 41.9 Å². The van der Waals surface area contributed by atoms with Gasteiger partial charge in [0, 0.05) is 41.8 Å². The molecule has 3 heterocycles. The standard InChI is InChI=1S/C37H41ClN8O3/c1-23-8-11-25(12-9-23)46-33(21-32(43-46)37(2,3)4)40-36(48)39-29-14-15-31(27-7-5-6-26(27)29)49-19-18-44-16-17-45-34(22-44)41-42-35(45)28-13-10-24(38)20-30(28)47/h8-15,20-21,47H,5-7,16-19,22H2,1-4H3,(H2,39,40,48). The summed E-state index contributed by atoms with van der Waals surface area (Å²) in [5, 5.41) is 30.6. The molecule has 2 aromatic heterocycles.